The van der Waals surface area contributed by atoms with Crippen LogP contribution in [0.2, 0.25) is 0 Å². The van der Waals surface area contributed by atoms with E-state index in [1.54, 1.807) is 0 Å². The molecule has 1 unspecified atom stereocenters. The molecule has 8 heavy (non-hydrogen) atoms. The van der Waals surface area contributed by atoms with Crippen molar-refractivity contribution < 1.29 is 0 Å². The maximum absolute atomic E-state index is 5.44. The van der Waals surface area contributed by atoms with Crippen molar-refractivity contribution in [3.05, 3.63) is 0 Å². The summed E-state index contributed by atoms with van der Waals surface area (Å²) in [5.41, 5.74) is 5.44. The van der Waals surface area contributed by atoms with E-state index in [1.165, 1.54) is 0 Å². The molecular formula is C5H15Cl2N. The maximum atomic E-state index is 5.44. The molecule has 0 amide bonds. The van der Waals surface area contributed by atoms with Gasteiger partial charge < -0.3 is 5.73 Å². The fourth-order valence-electron chi connectivity index (χ4n) is 0. The molecular weight excluding hydrogens is 145 g/mol. The van der Waals surface area contributed by atoms with Crippen molar-refractivity contribution in [3.63, 3.8) is 0 Å². The number of nitrogens with two attached hydrogens (primary N) is 1. The van der Waals surface area contributed by atoms with Crippen LogP contribution in [0, 0.1) is 5.92 Å². The predicted octanol–water partition coefficient (Wildman–Crippen LogP) is 1.83. The van der Waals surface area contributed by atoms with Gasteiger partial charge in [-0.2, -0.15) is 0 Å². The molecule has 1 atom stereocenters. The summed E-state index contributed by atoms with van der Waals surface area (Å²) in [6.07, 6.45) is 0. The first-order valence-corrected chi connectivity index (χ1v) is 2.40. The van der Waals surface area contributed by atoms with Crippen LogP contribution in [0.1, 0.15) is 20.8 Å². The fraction of sp³-hybridized carbons (Fsp3) is 1.00. The Morgan fingerprint density at radius 1 is 1.00 bits per heavy atom. The van der Waals surface area contributed by atoms with Crippen molar-refractivity contribution >= 4 is 24.8 Å². The molecule has 0 aliphatic carbocycles. The van der Waals surface area contributed by atoms with Gasteiger partial charge in [-0.25, -0.2) is 0 Å². The summed E-state index contributed by atoms with van der Waals surface area (Å²) in [5, 5.41) is 0. The highest BCUT2D eigenvalue weighted by Crippen LogP contribution is 1.93. The Kier molecular flexibility index (Phi) is 14.9. The molecule has 2 N–H and O–H groups in total. The molecule has 0 fully saturated rings. The first kappa shape index (κ1) is 15.8. The van der Waals surface area contributed by atoms with E-state index in [1.807, 2.05) is 6.92 Å². The van der Waals surface area contributed by atoms with Crippen molar-refractivity contribution in [1.82, 2.24) is 0 Å². The van der Waals surface area contributed by atoms with Gasteiger partial charge in [0.2, 0.25) is 0 Å². The van der Waals surface area contributed by atoms with E-state index in [9.17, 15) is 0 Å². The van der Waals surface area contributed by atoms with E-state index in [0.29, 0.717) is 12.0 Å². The molecule has 0 saturated heterocycles. The maximum Gasteiger partial charge on any atom is 0.00334 e. The molecule has 0 aliphatic rings. The number of halogens is 2. The van der Waals surface area contributed by atoms with Crippen LogP contribution in [0.15, 0.2) is 0 Å². The van der Waals surface area contributed by atoms with Crippen LogP contribution < -0.4 is 5.73 Å². The third-order valence-electron chi connectivity index (χ3n) is 1.05. The van der Waals surface area contributed by atoms with Gasteiger partial charge in [0.15, 0.2) is 0 Å². The lowest BCUT2D eigenvalue weighted by Gasteiger charge is -2.05. The highest BCUT2D eigenvalue weighted by Gasteiger charge is 1.95. The van der Waals surface area contributed by atoms with Crippen LogP contribution in [-0.4, -0.2) is 6.04 Å². The SMILES string of the molecule is CC(C)C(C)N.Cl.Cl. The summed E-state index contributed by atoms with van der Waals surface area (Å²) in [6, 6.07) is 0.352. The lowest BCUT2D eigenvalue weighted by molar-refractivity contribution is 0.529. The van der Waals surface area contributed by atoms with Crippen molar-refractivity contribution in [3.8, 4) is 0 Å². The van der Waals surface area contributed by atoms with Gasteiger partial charge in [-0.15, -0.1) is 24.8 Å². The van der Waals surface area contributed by atoms with Crippen LogP contribution in [0.3, 0.4) is 0 Å². The average Bonchev–Trinajstić information content (AvgIpc) is 1.36. The third kappa shape index (κ3) is 9.74. The monoisotopic (exact) mass is 159 g/mol. The molecule has 0 heterocycles. The van der Waals surface area contributed by atoms with Crippen molar-refractivity contribution in [2.45, 2.75) is 26.8 Å². The average molecular weight is 160 g/mol. The first-order chi connectivity index (χ1) is 2.64. The summed E-state index contributed by atoms with van der Waals surface area (Å²) in [4.78, 5) is 0. The minimum Gasteiger partial charge on any atom is -0.328 e. The molecule has 0 aromatic rings. The van der Waals surface area contributed by atoms with Crippen LogP contribution >= 0.6 is 24.8 Å². The third-order valence-corrected chi connectivity index (χ3v) is 1.05. The molecule has 0 spiro atoms. The van der Waals surface area contributed by atoms with E-state index in [-0.39, 0.29) is 24.8 Å². The zero-order chi connectivity index (χ0) is 5.15. The number of hydrogen-bond acceptors (Lipinski definition) is 1. The first-order valence-electron chi connectivity index (χ1n) is 2.40. The second kappa shape index (κ2) is 7.54. The molecule has 0 rings (SSSR count). The van der Waals surface area contributed by atoms with Gasteiger partial charge in [0.1, 0.15) is 0 Å². The number of rotatable bonds is 1. The summed E-state index contributed by atoms with van der Waals surface area (Å²) in [5.74, 6) is 0.630. The molecule has 54 valence electrons. The van der Waals surface area contributed by atoms with Crippen molar-refractivity contribution in [1.29, 1.82) is 0 Å². The minimum atomic E-state index is 0. The van der Waals surface area contributed by atoms with Crippen LogP contribution in [0.25, 0.3) is 0 Å². The molecule has 3 heteroatoms. The molecule has 0 radical (unpaired) electrons. The van der Waals surface area contributed by atoms with Gasteiger partial charge >= 0.3 is 0 Å². The minimum absolute atomic E-state index is 0. The van der Waals surface area contributed by atoms with E-state index in [0.717, 1.165) is 0 Å². The predicted molar refractivity (Wildman–Crippen MR) is 43.0 cm³/mol. The Labute approximate surface area is 63.8 Å². The Balaban J connectivity index is -0.000000125. The van der Waals surface area contributed by atoms with E-state index < -0.39 is 0 Å². The van der Waals surface area contributed by atoms with Crippen LogP contribution in [-0.2, 0) is 0 Å². The van der Waals surface area contributed by atoms with Gasteiger partial charge in [0.05, 0.1) is 0 Å². The largest absolute Gasteiger partial charge is 0.328 e. The Morgan fingerprint density at radius 2 is 1.12 bits per heavy atom. The smallest absolute Gasteiger partial charge is 0.00334 e. The molecule has 0 bridgehead atoms. The van der Waals surface area contributed by atoms with Crippen LogP contribution in [0.5, 0.6) is 0 Å². The zero-order valence-corrected chi connectivity index (χ0v) is 7.18. The second-order valence-electron chi connectivity index (χ2n) is 2.10. The lowest BCUT2D eigenvalue weighted by atomic mass is 10.1. The normalized spacial score (nSPS) is 11.6. The fourth-order valence-corrected chi connectivity index (χ4v) is 0. The Morgan fingerprint density at radius 3 is 1.12 bits per heavy atom. The van der Waals surface area contributed by atoms with Gasteiger partial charge in [0.25, 0.3) is 0 Å². The molecule has 0 aromatic heterocycles. The topological polar surface area (TPSA) is 26.0 Å². The molecule has 0 aliphatic heterocycles. The van der Waals surface area contributed by atoms with Crippen molar-refractivity contribution in [2.75, 3.05) is 0 Å². The van der Waals surface area contributed by atoms with Gasteiger partial charge in [-0.3, -0.25) is 0 Å². The van der Waals surface area contributed by atoms with Crippen LogP contribution in [0.4, 0.5) is 0 Å². The highest BCUT2D eigenvalue weighted by molar-refractivity contribution is 5.85. The number of hydrogen-bond donors (Lipinski definition) is 1. The van der Waals surface area contributed by atoms with E-state index in [4.69, 9.17) is 5.73 Å². The lowest BCUT2D eigenvalue weighted by Crippen LogP contribution is -2.21. The summed E-state index contributed by atoms with van der Waals surface area (Å²) >= 11 is 0. The van der Waals surface area contributed by atoms with Gasteiger partial charge in [-0.05, 0) is 12.8 Å². The van der Waals surface area contributed by atoms with E-state index >= 15 is 0 Å². The molecule has 0 saturated carbocycles. The highest BCUT2D eigenvalue weighted by atomic mass is 35.5. The standard InChI is InChI=1S/C5H13N.2ClH/c1-4(2)5(3)6;;/h4-5H,6H2,1-3H3;2*1H. The summed E-state index contributed by atoms with van der Waals surface area (Å²) in [7, 11) is 0. The summed E-state index contributed by atoms with van der Waals surface area (Å²) in [6.45, 7) is 6.25. The van der Waals surface area contributed by atoms with Gasteiger partial charge in [0, 0.05) is 6.04 Å². The van der Waals surface area contributed by atoms with Gasteiger partial charge in [-0.1, -0.05) is 13.8 Å². The van der Waals surface area contributed by atoms with Crippen molar-refractivity contribution in [2.24, 2.45) is 11.7 Å². The summed E-state index contributed by atoms with van der Waals surface area (Å²) < 4.78 is 0. The Bertz CT molecular complexity index is 31.4. The van der Waals surface area contributed by atoms with E-state index in [2.05, 4.69) is 13.8 Å². The Hall–Kier alpha value is 0.540. The molecule has 1 nitrogen and oxygen atoms in total. The zero-order valence-electron chi connectivity index (χ0n) is 5.55. The molecule has 0 aromatic carbocycles. The second-order valence-corrected chi connectivity index (χ2v) is 2.10. The quantitative estimate of drug-likeness (QED) is 0.622.